The summed E-state index contributed by atoms with van der Waals surface area (Å²) >= 11 is 5.93. The van der Waals surface area contributed by atoms with Crippen molar-refractivity contribution in [3.8, 4) is 0 Å². The number of hydrazine groups is 1. The summed E-state index contributed by atoms with van der Waals surface area (Å²) in [6.45, 7) is 1.84. The Kier molecular flexibility index (Phi) is 6.44. The van der Waals surface area contributed by atoms with Crippen LogP contribution in [-0.4, -0.2) is 20.8 Å². The molecule has 0 aliphatic rings. The van der Waals surface area contributed by atoms with E-state index >= 15 is 0 Å². The largest absolute Gasteiger partial charge is 0.416 e. The molecule has 0 fully saturated rings. The third-order valence-corrected chi connectivity index (χ3v) is 4.49. The molecule has 2 aromatic carbocycles. The number of nitrogens with zero attached hydrogens (tertiary/aromatic N) is 3. The van der Waals surface area contributed by atoms with E-state index in [1.54, 1.807) is 24.3 Å². The molecule has 3 N–H and O–H groups in total. The molecule has 0 radical (unpaired) electrons. The average Bonchev–Trinajstić information content (AvgIpc) is 2.73. The number of nitro groups is 1. The summed E-state index contributed by atoms with van der Waals surface area (Å²) in [6, 6.07) is 9.01. The predicted molar refractivity (Wildman–Crippen MR) is 111 cm³/mol. The van der Waals surface area contributed by atoms with Crippen LogP contribution in [0.1, 0.15) is 21.5 Å². The lowest BCUT2D eigenvalue weighted by Gasteiger charge is -2.13. The number of nitrogens with one attached hydrogen (secondary N) is 3. The summed E-state index contributed by atoms with van der Waals surface area (Å²) in [5, 5.41) is 13.9. The Morgan fingerprint density at radius 2 is 1.75 bits per heavy atom. The first kappa shape index (κ1) is 22.7. The first-order valence-electron chi connectivity index (χ1n) is 8.82. The Morgan fingerprint density at radius 3 is 2.38 bits per heavy atom. The number of hydrogen-bond acceptors (Lipinski definition) is 7. The zero-order valence-corrected chi connectivity index (χ0v) is 17.0. The number of benzene rings is 2. The maximum Gasteiger partial charge on any atom is 0.416 e. The van der Waals surface area contributed by atoms with Crippen LogP contribution >= 0.6 is 11.6 Å². The number of carbonyl (C=O) groups excluding carboxylic acids is 1. The molecule has 13 heteroatoms. The van der Waals surface area contributed by atoms with E-state index in [9.17, 15) is 28.1 Å². The molecule has 0 atom stereocenters. The van der Waals surface area contributed by atoms with Gasteiger partial charge in [-0.25, -0.2) is 9.97 Å². The van der Waals surface area contributed by atoms with Gasteiger partial charge < -0.3 is 5.32 Å². The van der Waals surface area contributed by atoms with Crippen LogP contribution in [0.2, 0.25) is 5.02 Å². The van der Waals surface area contributed by atoms with Gasteiger partial charge in [0, 0.05) is 5.56 Å². The zero-order valence-electron chi connectivity index (χ0n) is 16.2. The Morgan fingerprint density at radius 1 is 1.09 bits per heavy atom. The second-order valence-corrected chi connectivity index (χ2v) is 6.85. The maximum absolute atomic E-state index is 13.0. The second-order valence-electron chi connectivity index (χ2n) is 6.44. The topological polar surface area (TPSA) is 122 Å². The van der Waals surface area contributed by atoms with Crippen LogP contribution in [0.5, 0.6) is 0 Å². The van der Waals surface area contributed by atoms with Gasteiger partial charge in [-0.3, -0.25) is 25.8 Å². The van der Waals surface area contributed by atoms with Crippen molar-refractivity contribution in [3.05, 3.63) is 80.6 Å². The van der Waals surface area contributed by atoms with E-state index in [1.807, 2.05) is 6.92 Å². The molecule has 1 amide bonds. The number of aromatic nitrogens is 2. The van der Waals surface area contributed by atoms with Gasteiger partial charge in [0.1, 0.15) is 6.33 Å². The summed E-state index contributed by atoms with van der Waals surface area (Å²) in [5.74, 6) is -1.41. The minimum absolute atomic E-state index is 0.118. The molecule has 166 valence electrons. The van der Waals surface area contributed by atoms with Gasteiger partial charge in [0.05, 0.1) is 21.2 Å². The highest BCUT2D eigenvalue weighted by atomic mass is 35.5. The molecule has 0 aliphatic heterocycles. The fourth-order valence-corrected chi connectivity index (χ4v) is 2.72. The number of anilines is 3. The SMILES string of the molecule is Cc1ccc(C(=O)NNc2ncnc(Nc3cc(C(F)(F)F)ccc3Cl)c2[N+](=O)[O-])cc1. The van der Waals surface area contributed by atoms with E-state index in [2.05, 4.69) is 26.1 Å². The van der Waals surface area contributed by atoms with Gasteiger partial charge in [0.2, 0.25) is 11.6 Å². The van der Waals surface area contributed by atoms with Crippen LogP contribution < -0.4 is 16.2 Å². The average molecular weight is 467 g/mol. The minimum Gasteiger partial charge on any atom is -0.333 e. The van der Waals surface area contributed by atoms with E-state index in [1.165, 1.54) is 0 Å². The van der Waals surface area contributed by atoms with Crippen molar-refractivity contribution >= 4 is 40.5 Å². The van der Waals surface area contributed by atoms with E-state index in [-0.39, 0.29) is 16.3 Å². The molecule has 1 aromatic heterocycles. The van der Waals surface area contributed by atoms with Gasteiger partial charge in [-0.05, 0) is 37.3 Å². The highest BCUT2D eigenvalue weighted by Crippen LogP contribution is 2.37. The highest BCUT2D eigenvalue weighted by Gasteiger charge is 2.31. The van der Waals surface area contributed by atoms with Crippen molar-refractivity contribution in [1.82, 2.24) is 15.4 Å². The summed E-state index contributed by atoms with van der Waals surface area (Å²) in [5.41, 5.74) is 3.86. The molecule has 0 saturated carbocycles. The van der Waals surface area contributed by atoms with Crippen LogP contribution in [0.25, 0.3) is 0 Å². The van der Waals surface area contributed by atoms with Crippen molar-refractivity contribution in [3.63, 3.8) is 0 Å². The van der Waals surface area contributed by atoms with Crippen molar-refractivity contribution in [2.75, 3.05) is 10.7 Å². The molecule has 1 heterocycles. The Labute approximate surface area is 183 Å². The summed E-state index contributed by atoms with van der Waals surface area (Å²) in [7, 11) is 0. The molecule has 9 nitrogen and oxygen atoms in total. The number of amides is 1. The lowest BCUT2D eigenvalue weighted by molar-refractivity contribution is -0.383. The number of hydrogen-bond donors (Lipinski definition) is 3. The van der Waals surface area contributed by atoms with Crippen LogP contribution in [0, 0.1) is 17.0 Å². The standard InChI is InChI=1S/C19H14ClF3N6O3/c1-10-2-4-11(5-3-10)18(30)28-27-17-15(29(31)32)16(24-9-25-17)26-14-8-12(19(21,22)23)6-7-13(14)20/h2-9H,1H3,(H,28,30)(H2,24,25,26,27). The Bertz CT molecular complexity index is 1170. The zero-order chi connectivity index (χ0) is 23.5. The summed E-state index contributed by atoms with van der Waals surface area (Å²) in [6.07, 6.45) is -3.72. The predicted octanol–water partition coefficient (Wildman–Crippen LogP) is 4.87. The van der Waals surface area contributed by atoms with E-state index < -0.39 is 39.9 Å². The van der Waals surface area contributed by atoms with E-state index in [0.717, 1.165) is 24.0 Å². The number of rotatable bonds is 6. The molecule has 0 bridgehead atoms. The Hall–Kier alpha value is -3.93. The molecule has 3 aromatic rings. The monoisotopic (exact) mass is 466 g/mol. The summed E-state index contributed by atoms with van der Waals surface area (Å²) in [4.78, 5) is 30.5. The third kappa shape index (κ3) is 5.21. The fraction of sp³-hybridized carbons (Fsp3) is 0.105. The number of halogens is 4. The molecule has 0 unspecified atom stereocenters. The van der Waals surface area contributed by atoms with E-state index in [0.29, 0.717) is 6.07 Å². The van der Waals surface area contributed by atoms with Crippen molar-refractivity contribution in [1.29, 1.82) is 0 Å². The van der Waals surface area contributed by atoms with Gasteiger partial charge in [0.15, 0.2) is 0 Å². The first-order chi connectivity index (χ1) is 15.1. The summed E-state index contributed by atoms with van der Waals surface area (Å²) < 4.78 is 39.0. The lowest BCUT2D eigenvalue weighted by atomic mass is 10.1. The number of aryl methyl sites for hydroxylation is 1. The smallest absolute Gasteiger partial charge is 0.333 e. The normalized spacial score (nSPS) is 11.0. The number of alkyl halides is 3. The molecule has 0 saturated heterocycles. The van der Waals surface area contributed by atoms with Crippen molar-refractivity contribution < 1.29 is 22.9 Å². The maximum atomic E-state index is 13.0. The molecular weight excluding hydrogens is 453 g/mol. The van der Waals surface area contributed by atoms with Gasteiger partial charge >= 0.3 is 11.9 Å². The van der Waals surface area contributed by atoms with Crippen LogP contribution in [0.15, 0.2) is 48.8 Å². The molecule has 0 spiro atoms. The van der Waals surface area contributed by atoms with Crippen LogP contribution in [0.3, 0.4) is 0 Å². The second kappa shape index (κ2) is 9.06. The fourth-order valence-electron chi connectivity index (χ4n) is 2.55. The van der Waals surface area contributed by atoms with Crippen molar-refractivity contribution in [2.45, 2.75) is 13.1 Å². The minimum atomic E-state index is -4.65. The molecular formula is C19H14ClF3N6O3. The van der Waals surface area contributed by atoms with Crippen LogP contribution in [-0.2, 0) is 6.18 Å². The Balaban J connectivity index is 1.88. The van der Waals surface area contributed by atoms with Gasteiger partial charge in [0.25, 0.3) is 5.91 Å². The van der Waals surface area contributed by atoms with Crippen LogP contribution in [0.4, 0.5) is 36.2 Å². The number of carbonyl (C=O) groups is 1. The molecule has 0 aliphatic carbocycles. The van der Waals surface area contributed by atoms with Gasteiger partial charge in [-0.1, -0.05) is 29.3 Å². The highest BCUT2D eigenvalue weighted by molar-refractivity contribution is 6.33. The van der Waals surface area contributed by atoms with Gasteiger partial charge in [-0.2, -0.15) is 13.2 Å². The molecule has 32 heavy (non-hydrogen) atoms. The van der Waals surface area contributed by atoms with E-state index in [4.69, 9.17) is 11.6 Å². The van der Waals surface area contributed by atoms with Crippen molar-refractivity contribution in [2.24, 2.45) is 0 Å². The first-order valence-corrected chi connectivity index (χ1v) is 9.20. The van der Waals surface area contributed by atoms with Gasteiger partial charge in [-0.15, -0.1) is 0 Å². The quantitative estimate of drug-likeness (QED) is 0.350. The molecule has 3 rings (SSSR count). The lowest BCUT2D eigenvalue weighted by Crippen LogP contribution is -2.30. The third-order valence-electron chi connectivity index (χ3n) is 4.16.